The summed E-state index contributed by atoms with van der Waals surface area (Å²) >= 11 is 0. The summed E-state index contributed by atoms with van der Waals surface area (Å²) in [7, 11) is 1.74. The minimum absolute atomic E-state index is 0.0237. The van der Waals surface area contributed by atoms with E-state index < -0.39 is 5.60 Å². The molecule has 0 unspecified atom stereocenters. The maximum absolute atomic E-state index is 12.5. The Labute approximate surface area is 142 Å². The maximum Gasteiger partial charge on any atom is 0.410 e. The molecule has 0 aromatic carbocycles. The molecule has 1 heterocycles. The van der Waals surface area contributed by atoms with Gasteiger partial charge in [-0.05, 0) is 59.3 Å². The smallest absolute Gasteiger partial charge is 0.410 e. The zero-order valence-electron chi connectivity index (χ0n) is 16.2. The summed E-state index contributed by atoms with van der Waals surface area (Å²) < 4.78 is 11.3. The minimum atomic E-state index is -0.464. The Balaban J connectivity index is 2.83. The second-order valence-electron chi connectivity index (χ2n) is 8.57. The summed E-state index contributed by atoms with van der Waals surface area (Å²) in [5.74, 6) is 0. The normalized spacial score (nSPS) is 20.3. The van der Waals surface area contributed by atoms with Gasteiger partial charge in [0.2, 0.25) is 0 Å². The van der Waals surface area contributed by atoms with Gasteiger partial charge in [-0.3, -0.25) is 0 Å². The number of amides is 1. The van der Waals surface area contributed by atoms with Crippen LogP contribution in [0.3, 0.4) is 0 Å². The lowest BCUT2D eigenvalue weighted by Gasteiger charge is -2.35. The molecule has 134 valence electrons. The average Bonchev–Trinajstić information content (AvgIpc) is 2.81. The fourth-order valence-electron chi connectivity index (χ4n) is 3.46. The van der Waals surface area contributed by atoms with Crippen LogP contribution in [0.15, 0.2) is 11.6 Å². The van der Waals surface area contributed by atoms with Gasteiger partial charge < -0.3 is 14.4 Å². The molecule has 0 N–H and O–H groups in total. The van der Waals surface area contributed by atoms with E-state index in [1.54, 1.807) is 7.11 Å². The van der Waals surface area contributed by atoms with E-state index in [1.807, 2.05) is 25.7 Å². The molecule has 4 heteroatoms. The summed E-state index contributed by atoms with van der Waals surface area (Å²) in [6.45, 7) is 15.1. The molecule has 1 aliphatic rings. The Morgan fingerprint density at radius 1 is 1.26 bits per heavy atom. The third kappa shape index (κ3) is 6.54. The van der Waals surface area contributed by atoms with Crippen LogP contribution < -0.4 is 0 Å². The van der Waals surface area contributed by atoms with Gasteiger partial charge in [0.25, 0.3) is 0 Å². The van der Waals surface area contributed by atoms with Crippen molar-refractivity contribution >= 4 is 6.09 Å². The molecule has 0 aliphatic carbocycles. The van der Waals surface area contributed by atoms with E-state index in [2.05, 4.69) is 33.8 Å². The van der Waals surface area contributed by atoms with Crippen LogP contribution in [-0.2, 0) is 9.47 Å². The fraction of sp³-hybridized carbons (Fsp3) is 0.842. The van der Waals surface area contributed by atoms with Crippen molar-refractivity contribution in [3.63, 3.8) is 0 Å². The summed E-state index contributed by atoms with van der Waals surface area (Å²) in [4.78, 5) is 14.3. The number of methoxy groups -OCH3 is 1. The fourth-order valence-corrected chi connectivity index (χ4v) is 3.46. The number of carbonyl (C=O) groups excluding carboxylic acids is 1. The van der Waals surface area contributed by atoms with Crippen LogP contribution in [0.2, 0.25) is 0 Å². The van der Waals surface area contributed by atoms with Gasteiger partial charge in [0.15, 0.2) is 0 Å². The number of ether oxygens (including phenoxy) is 2. The predicted octanol–water partition coefficient (Wildman–Crippen LogP) is 4.78. The Morgan fingerprint density at radius 3 is 2.35 bits per heavy atom. The number of rotatable bonds is 5. The highest BCUT2D eigenvalue weighted by molar-refractivity contribution is 5.69. The topological polar surface area (TPSA) is 38.8 Å². The largest absolute Gasteiger partial charge is 0.444 e. The predicted molar refractivity (Wildman–Crippen MR) is 94.6 cm³/mol. The molecule has 1 rings (SSSR count). The van der Waals surface area contributed by atoms with Crippen LogP contribution in [0.5, 0.6) is 0 Å². The second kappa shape index (κ2) is 7.69. The standard InChI is InChI=1S/C19H35NO3/c1-14(2)12-19(6,7)13-16(22-8)15-10-9-11-20(15)17(21)23-18(3,4)5/h12,15-16H,9-11,13H2,1-8H3/t15-,16-/m0/s1. The van der Waals surface area contributed by atoms with E-state index in [0.717, 1.165) is 25.8 Å². The highest BCUT2D eigenvalue weighted by Crippen LogP contribution is 2.33. The maximum atomic E-state index is 12.5. The van der Waals surface area contributed by atoms with Crippen LogP contribution in [-0.4, -0.2) is 42.4 Å². The van der Waals surface area contributed by atoms with Crippen molar-refractivity contribution in [2.24, 2.45) is 5.41 Å². The zero-order valence-corrected chi connectivity index (χ0v) is 16.2. The van der Waals surface area contributed by atoms with Crippen LogP contribution in [0, 0.1) is 5.41 Å². The van der Waals surface area contributed by atoms with Crippen molar-refractivity contribution in [1.82, 2.24) is 4.90 Å². The Hall–Kier alpha value is -1.03. The number of hydrogen-bond donors (Lipinski definition) is 0. The van der Waals surface area contributed by atoms with Crippen molar-refractivity contribution in [2.45, 2.75) is 85.5 Å². The van der Waals surface area contributed by atoms with Gasteiger partial charge in [0, 0.05) is 13.7 Å². The van der Waals surface area contributed by atoms with Gasteiger partial charge in [0.1, 0.15) is 5.60 Å². The van der Waals surface area contributed by atoms with Gasteiger partial charge in [0.05, 0.1) is 12.1 Å². The zero-order chi connectivity index (χ0) is 17.8. The molecular formula is C19H35NO3. The van der Waals surface area contributed by atoms with E-state index in [0.29, 0.717) is 0 Å². The molecule has 0 radical (unpaired) electrons. The lowest BCUT2D eigenvalue weighted by Crippen LogP contribution is -2.46. The Morgan fingerprint density at radius 2 is 1.87 bits per heavy atom. The molecule has 0 bridgehead atoms. The van der Waals surface area contributed by atoms with E-state index in [9.17, 15) is 4.79 Å². The molecule has 0 saturated carbocycles. The van der Waals surface area contributed by atoms with Gasteiger partial charge in [-0.15, -0.1) is 0 Å². The molecule has 2 atom stereocenters. The first-order valence-corrected chi connectivity index (χ1v) is 8.64. The average molecular weight is 325 g/mol. The van der Waals surface area contributed by atoms with Crippen molar-refractivity contribution < 1.29 is 14.3 Å². The van der Waals surface area contributed by atoms with E-state index >= 15 is 0 Å². The molecule has 1 aliphatic heterocycles. The van der Waals surface area contributed by atoms with Crippen molar-refractivity contribution in [3.8, 4) is 0 Å². The molecule has 23 heavy (non-hydrogen) atoms. The highest BCUT2D eigenvalue weighted by atomic mass is 16.6. The van der Waals surface area contributed by atoms with Gasteiger partial charge in [-0.1, -0.05) is 25.5 Å². The molecule has 1 fully saturated rings. The summed E-state index contributed by atoms with van der Waals surface area (Å²) in [6, 6.07) is 0.0969. The van der Waals surface area contributed by atoms with Gasteiger partial charge in [-0.25, -0.2) is 4.79 Å². The first-order valence-electron chi connectivity index (χ1n) is 8.64. The first-order chi connectivity index (χ1) is 10.4. The number of carbonyl (C=O) groups is 1. The SMILES string of the molecule is CO[C@@H](CC(C)(C)C=C(C)C)[C@@H]1CCCN1C(=O)OC(C)(C)C. The van der Waals surface area contributed by atoms with E-state index in [-0.39, 0.29) is 23.7 Å². The number of allylic oxidation sites excluding steroid dienone is 2. The highest BCUT2D eigenvalue weighted by Gasteiger charge is 2.38. The second-order valence-corrected chi connectivity index (χ2v) is 8.57. The van der Waals surface area contributed by atoms with Crippen LogP contribution in [0.1, 0.15) is 67.7 Å². The quantitative estimate of drug-likeness (QED) is 0.683. The number of nitrogens with zero attached hydrogens (tertiary/aromatic N) is 1. The lowest BCUT2D eigenvalue weighted by molar-refractivity contribution is -0.0146. The molecule has 1 saturated heterocycles. The van der Waals surface area contributed by atoms with Crippen molar-refractivity contribution in [3.05, 3.63) is 11.6 Å². The van der Waals surface area contributed by atoms with Crippen molar-refractivity contribution in [2.75, 3.05) is 13.7 Å². The number of likely N-dealkylation sites (tertiary alicyclic amines) is 1. The summed E-state index contributed by atoms with van der Waals surface area (Å²) in [5.41, 5.74) is 0.885. The van der Waals surface area contributed by atoms with Crippen LogP contribution >= 0.6 is 0 Å². The van der Waals surface area contributed by atoms with Crippen LogP contribution in [0.4, 0.5) is 4.79 Å². The molecule has 0 aromatic rings. The van der Waals surface area contributed by atoms with Gasteiger partial charge >= 0.3 is 6.09 Å². The molecule has 4 nitrogen and oxygen atoms in total. The monoisotopic (exact) mass is 325 g/mol. The third-order valence-corrected chi connectivity index (χ3v) is 4.07. The molecule has 0 spiro atoms. The molecule has 1 amide bonds. The summed E-state index contributed by atoms with van der Waals surface area (Å²) in [6.07, 6.45) is 4.96. The van der Waals surface area contributed by atoms with Gasteiger partial charge in [-0.2, -0.15) is 0 Å². The molecular weight excluding hydrogens is 290 g/mol. The lowest BCUT2D eigenvalue weighted by atomic mass is 9.82. The van der Waals surface area contributed by atoms with Crippen LogP contribution in [0.25, 0.3) is 0 Å². The number of hydrogen-bond acceptors (Lipinski definition) is 3. The Kier molecular flexibility index (Phi) is 6.70. The van der Waals surface area contributed by atoms with E-state index in [1.165, 1.54) is 5.57 Å². The summed E-state index contributed by atoms with van der Waals surface area (Å²) in [5, 5.41) is 0. The Bertz CT molecular complexity index is 430. The molecule has 0 aromatic heterocycles. The minimum Gasteiger partial charge on any atom is -0.444 e. The first kappa shape index (κ1) is 20.0. The third-order valence-electron chi connectivity index (χ3n) is 4.07. The van der Waals surface area contributed by atoms with Crippen molar-refractivity contribution in [1.29, 1.82) is 0 Å². The van der Waals surface area contributed by atoms with E-state index in [4.69, 9.17) is 9.47 Å².